The molecule has 0 amide bonds. The van der Waals surface area contributed by atoms with Gasteiger partial charge in [-0.3, -0.25) is 9.89 Å². The smallest absolute Gasteiger partial charge is 0.336 e. The number of nitrogens with zero attached hydrogens (tertiary/aromatic N) is 2. The van der Waals surface area contributed by atoms with E-state index in [1.807, 2.05) is 0 Å². The van der Waals surface area contributed by atoms with Crippen LogP contribution in [0.2, 0.25) is 0 Å². The van der Waals surface area contributed by atoms with Crippen molar-refractivity contribution in [2.45, 2.75) is 29.9 Å². The average molecular weight is 270 g/mol. The Morgan fingerprint density at radius 3 is 3.00 bits per heavy atom. The van der Waals surface area contributed by atoms with E-state index < -0.39 is 5.97 Å². The first-order valence-corrected chi connectivity index (χ1v) is 6.65. The van der Waals surface area contributed by atoms with Crippen LogP contribution >= 0.6 is 11.6 Å². The number of halogens is 1. The summed E-state index contributed by atoms with van der Waals surface area (Å²) in [4.78, 5) is 17.4. The molecule has 1 spiro atoms. The lowest BCUT2D eigenvalue weighted by atomic mass is 10.1. The van der Waals surface area contributed by atoms with Crippen molar-refractivity contribution in [1.82, 2.24) is 10.2 Å². The van der Waals surface area contributed by atoms with Crippen LogP contribution in [0.1, 0.15) is 12.8 Å². The summed E-state index contributed by atoms with van der Waals surface area (Å²) in [7, 11) is 0. The fraction of sp³-hybridized carbons (Fsp3) is 0.667. The minimum absolute atomic E-state index is 0.130. The summed E-state index contributed by atoms with van der Waals surface area (Å²) in [5.74, 6) is -0.971. The highest BCUT2D eigenvalue weighted by atomic mass is 35.5. The minimum atomic E-state index is -0.971. The number of hydrogen-bond donors (Lipinski definition) is 2. The molecule has 2 aliphatic heterocycles. The van der Waals surface area contributed by atoms with Gasteiger partial charge >= 0.3 is 5.97 Å². The van der Waals surface area contributed by atoms with E-state index in [-0.39, 0.29) is 22.7 Å². The summed E-state index contributed by atoms with van der Waals surface area (Å²) in [5, 5.41) is 12.1. The van der Waals surface area contributed by atoms with Gasteiger partial charge in [0.15, 0.2) is 0 Å². The molecule has 6 heteroatoms. The molecule has 2 N–H and O–H groups in total. The third-order valence-corrected chi connectivity index (χ3v) is 4.22. The van der Waals surface area contributed by atoms with E-state index >= 15 is 0 Å². The van der Waals surface area contributed by atoms with Gasteiger partial charge in [-0.1, -0.05) is 0 Å². The van der Waals surface area contributed by atoms with E-state index in [9.17, 15) is 4.79 Å². The lowest BCUT2D eigenvalue weighted by molar-refractivity contribution is -0.132. The Balaban J connectivity index is 1.71. The minimum Gasteiger partial charge on any atom is -0.478 e. The quantitative estimate of drug-likeness (QED) is 0.715. The van der Waals surface area contributed by atoms with Crippen LogP contribution < -0.4 is 5.32 Å². The standard InChI is InChI=1S/C12H16ClN3O2/c13-9-5-8(11(17)18)6-14-10(9)16-4-3-15-12(7-16)1-2-12/h5-6,9-10,15H,1-4,7H2,(H,17,18). The summed E-state index contributed by atoms with van der Waals surface area (Å²) in [6.45, 7) is 2.81. The second-order valence-electron chi connectivity index (χ2n) is 5.24. The Bertz CT molecular complexity index is 431. The fourth-order valence-electron chi connectivity index (χ4n) is 2.66. The van der Waals surface area contributed by atoms with Gasteiger partial charge in [-0.25, -0.2) is 4.79 Å². The fourth-order valence-corrected chi connectivity index (χ4v) is 3.02. The Morgan fingerprint density at radius 1 is 1.61 bits per heavy atom. The van der Waals surface area contributed by atoms with Crippen LogP contribution in [0.25, 0.3) is 0 Å². The lowest BCUT2D eigenvalue weighted by Crippen LogP contribution is -2.57. The molecular formula is C12H16ClN3O2. The first kappa shape index (κ1) is 12.1. The van der Waals surface area contributed by atoms with Gasteiger partial charge in [0.2, 0.25) is 0 Å². The van der Waals surface area contributed by atoms with Crippen LogP contribution in [-0.4, -0.2) is 58.9 Å². The van der Waals surface area contributed by atoms with Crippen LogP contribution in [0.5, 0.6) is 0 Å². The molecule has 98 valence electrons. The van der Waals surface area contributed by atoms with Gasteiger partial charge < -0.3 is 10.4 Å². The maximum atomic E-state index is 10.9. The molecule has 2 unspecified atom stereocenters. The van der Waals surface area contributed by atoms with Gasteiger partial charge in [-0.2, -0.15) is 0 Å². The van der Waals surface area contributed by atoms with Crippen molar-refractivity contribution < 1.29 is 9.90 Å². The number of carbonyl (C=O) groups is 1. The molecule has 2 heterocycles. The second kappa shape index (κ2) is 4.33. The monoisotopic (exact) mass is 269 g/mol. The van der Waals surface area contributed by atoms with Gasteiger partial charge in [-0.05, 0) is 18.9 Å². The molecule has 18 heavy (non-hydrogen) atoms. The predicted octanol–water partition coefficient (Wildman–Crippen LogP) is 0.453. The number of aliphatic carboxylic acids is 1. The molecule has 2 atom stereocenters. The number of piperazine rings is 1. The van der Waals surface area contributed by atoms with Crippen molar-refractivity contribution in [2.75, 3.05) is 19.6 Å². The van der Waals surface area contributed by atoms with E-state index in [0.29, 0.717) is 0 Å². The second-order valence-corrected chi connectivity index (χ2v) is 5.74. The van der Waals surface area contributed by atoms with E-state index in [4.69, 9.17) is 16.7 Å². The zero-order valence-electron chi connectivity index (χ0n) is 9.97. The first-order chi connectivity index (χ1) is 8.60. The Labute approximate surface area is 111 Å². The number of carboxylic acid groups (broad SMARTS) is 1. The van der Waals surface area contributed by atoms with Gasteiger partial charge in [-0.15, -0.1) is 11.6 Å². The molecule has 1 aliphatic carbocycles. The van der Waals surface area contributed by atoms with E-state index in [2.05, 4.69) is 15.2 Å². The summed E-state index contributed by atoms with van der Waals surface area (Å²) in [6, 6.07) is 0. The number of hydrogen-bond acceptors (Lipinski definition) is 4. The molecule has 0 aromatic heterocycles. The number of alkyl halides is 1. The van der Waals surface area contributed by atoms with Crippen molar-refractivity contribution in [3.8, 4) is 0 Å². The van der Waals surface area contributed by atoms with Gasteiger partial charge in [0.05, 0.1) is 11.0 Å². The molecule has 0 aromatic carbocycles. The van der Waals surface area contributed by atoms with Crippen molar-refractivity contribution in [1.29, 1.82) is 0 Å². The molecule has 2 fully saturated rings. The zero-order chi connectivity index (χ0) is 12.8. The summed E-state index contributed by atoms with van der Waals surface area (Å²) >= 11 is 6.25. The molecule has 3 aliphatic rings. The zero-order valence-corrected chi connectivity index (χ0v) is 10.7. The number of aliphatic imine (C=N–C) groups is 1. The highest BCUT2D eigenvalue weighted by Crippen LogP contribution is 2.38. The molecule has 5 nitrogen and oxygen atoms in total. The van der Waals surface area contributed by atoms with Crippen molar-refractivity contribution >= 4 is 23.8 Å². The van der Waals surface area contributed by atoms with Crippen molar-refractivity contribution in [2.24, 2.45) is 4.99 Å². The number of nitrogens with one attached hydrogen (secondary N) is 1. The van der Waals surface area contributed by atoms with E-state index in [0.717, 1.165) is 19.6 Å². The van der Waals surface area contributed by atoms with Crippen molar-refractivity contribution in [3.05, 3.63) is 11.6 Å². The molecule has 0 radical (unpaired) electrons. The molecule has 3 rings (SSSR count). The van der Waals surface area contributed by atoms with Crippen molar-refractivity contribution in [3.63, 3.8) is 0 Å². The third kappa shape index (κ3) is 2.18. The molecule has 0 aromatic rings. The van der Waals surface area contributed by atoms with Crippen LogP contribution in [-0.2, 0) is 4.79 Å². The third-order valence-electron chi connectivity index (χ3n) is 3.87. The molecule has 0 bridgehead atoms. The van der Waals surface area contributed by atoms with Gasteiger partial charge in [0, 0.05) is 31.4 Å². The summed E-state index contributed by atoms with van der Waals surface area (Å²) in [5.41, 5.74) is 0.462. The SMILES string of the molecule is O=C(O)C1=CC(Cl)C(N2CCNC3(CC3)C2)N=C1. The molecular weight excluding hydrogens is 254 g/mol. The number of dihydropyridines is 1. The topological polar surface area (TPSA) is 64.9 Å². The largest absolute Gasteiger partial charge is 0.478 e. The number of rotatable bonds is 2. The lowest BCUT2D eigenvalue weighted by Gasteiger charge is -2.39. The maximum absolute atomic E-state index is 10.9. The highest BCUT2D eigenvalue weighted by Gasteiger charge is 2.47. The van der Waals surface area contributed by atoms with Crippen LogP contribution in [0.15, 0.2) is 16.6 Å². The van der Waals surface area contributed by atoms with Crippen LogP contribution in [0.4, 0.5) is 0 Å². The molecule has 1 saturated heterocycles. The summed E-state index contributed by atoms with van der Waals surface area (Å²) < 4.78 is 0. The molecule has 1 saturated carbocycles. The van der Waals surface area contributed by atoms with Gasteiger partial charge in [0.25, 0.3) is 0 Å². The normalized spacial score (nSPS) is 34.4. The van der Waals surface area contributed by atoms with E-state index in [1.54, 1.807) is 6.08 Å². The van der Waals surface area contributed by atoms with Crippen LogP contribution in [0, 0.1) is 0 Å². The number of carboxylic acids is 1. The maximum Gasteiger partial charge on any atom is 0.336 e. The summed E-state index contributed by atoms with van der Waals surface area (Å²) in [6.07, 6.45) is 5.30. The Hall–Kier alpha value is -0.910. The van der Waals surface area contributed by atoms with Gasteiger partial charge in [0.1, 0.15) is 6.17 Å². The first-order valence-electron chi connectivity index (χ1n) is 6.21. The predicted molar refractivity (Wildman–Crippen MR) is 69.2 cm³/mol. The Kier molecular flexibility index (Phi) is 2.92. The van der Waals surface area contributed by atoms with Crippen LogP contribution in [0.3, 0.4) is 0 Å². The average Bonchev–Trinajstić information content (AvgIpc) is 3.08. The van der Waals surface area contributed by atoms with E-state index in [1.165, 1.54) is 19.1 Å². The highest BCUT2D eigenvalue weighted by molar-refractivity contribution is 6.24. The Morgan fingerprint density at radius 2 is 2.39 bits per heavy atom.